The Morgan fingerprint density at radius 3 is 1.27 bits per heavy atom. The van der Waals surface area contributed by atoms with Gasteiger partial charge in [0.15, 0.2) is 0 Å². The molecule has 2 aliphatic rings. The molecule has 0 aromatic carbocycles. The van der Waals surface area contributed by atoms with Gasteiger partial charge >= 0.3 is 0 Å². The summed E-state index contributed by atoms with van der Waals surface area (Å²) in [5.41, 5.74) is 2.55. The zero-order chi connectivity index (χ0) is 8.81. The molecule has 15 heavy (non-hydrogen) atoms. The topological polar surface area (TPSA) is 0 Å². The maximum absolute atomic E-state index is 3.12. The van der Waals surface area contributed by atoms with Crippen molar-refractivity contribution in [3.63, 3.8) is 0 Å². The van der Waals surface area contributed by atoms with Crippen LogP contribution in [0, 0.1) is 12.2 Å². The van der Waals surface area contributed by atoms with Gasteiger partial charge in [0, 0.05) is 25.8 Å². The maximum Gasteiger partial charge on any atom is 0 e. The maximum atomic E-state index is 3.12. The molecule has 0 amide bonds. The second-order valence-corrected chi connectivity index (χ2v) is 2.93. The molecule has 0 fully saturated rings. The molecule has 0 N–H and O–H groups in total. The van der Waals surface area contributed by atoms with Gasteiger partial charge in [0.05, 0.1) is 0 Å². The third kappa shape index (κ3) is 10.7. The zero-order valence-corrected chi connectivity index (χ0v) is 14.3. The van der Waals surface area contributed by atoms with Crippen molar-refractivity contribution in [2.45, 2.75) is 26.7 Å². The molecule has 0 aromatic heterocycles. The number of hydrogen-bond acceptors (Lipinski definition) is 0. The molecule has 0 atom stereocenters. The number of allylic oxidation sites excluding steroid dienone is 8. The van der Waals surface area contributed by atoms with Crippen molar-refractivity contribution < 1.29 is 25.8 Å². The molecule has 0 heterocycles. The summed E-state index contributed by atoms with van der Waals surface area (Å²) in [6, 6.07) is 0. The molecule has 0 saturated heterocycles. The molecular formula is C12H16Cl2Hf-2. The van der Waals surface area contributed by atoms with Crippen molar-refractivity contribution >= 4 is 24.8 Å². The molecule has 0 nitrogen and oxygen atoms in total. The summed E-state index contributed by atoms with van der Waals surface area (Å²) in [5, 5.41) is 0. The fourth-order valence-corrected chi connectivity index (χ4v) is 1.03. The Labute approximate surface area is 124 Å². The van der Waals surface area contributed by atoms with Gasteiger partial charge in [-0.3, -0.25) is 12.2 Å². The van der Waals surface area contributed by atoms with Gasteiger partial charge in [-0.25, -0.2) is 23.3 Å². The van der Waals surface area contributed by atoms with Crippen LogP contribution in [0.4, 0.5) is 0 Å². The fourth-order valence-electron chi connectivity index (χ4n) is 1.03. The Balaban J connectivity index is -0.000000160. The van der Waals surface area contributed by atoms with Crippen molar-refractivity contribution in [2.24, 2.45) is 0 Å². The number of rotatable bonds is 0. The van der Waals surface area contributed by atoms with Crippen LogP contribution in [0.15, 0.2) is 35.5 Å². The minimum absolute atomic E-state index is 0. The van der Waals surface area contributed by atoms with E-state index in [9.17, 15) is 0 Å². The molecule has 3 heteroatoms. The molecule has 0 unspecified atom stereocenters. The Morgan fingerprint density at radius 2 is 1.20 bits per heavy atom. The molecule has 2 rings (SSSR count). The van der Waals surface area contributed by atoms with Gasteiger partial charge in [-0.2, -0.15) is 12.2 Å². The van der Waals surface area contributed by atoms with Crippen molar-refractivity contribution in [3.8, 4) is 0 Å². The Kier molecular flexibility index (Phi) is 17.3. The van der Waals surface area contributed by atoms with Gasteiger partial charge in [-0.15, -0.1) is 37.7 Å². The normalized spacial score (nSPS) is 14.8. The summed E-state index contributed by atoms with van der Waals surface area (Å²) in [5.74, 6) is 0. The summed E-state index contributed by atoms with van der Waals surface area (Å²) < 4.78 is 0. The molecule has 0 bridgehead atoms. The standard InChI is InChI=1S/2C6H7.2ClH.Hf/c2*1-6-4-2-3-5-6;;;/h2*2,4H,3H2,1H3;2*1H;/q2*-1;;;. The second-order valence-electron chi connectivity index (χ2n) is 2.93. The van der Waals surface area contributed by atoms with Gasteiger partial charge < -0.3 is 0 Å². The smallest absolute Gasteiger partial charge is 0 e. The average Bonchev–Trinajstić information content (AvgIpc) is 2.63. The van der Waals surface area contributed by atoms with E-state index in [4.69, 9.17) is 0 Å². The monoisotopic (exact) mass is 410 g/mol. The molecule has 0 spiro atoms. The third-order valence-electron chi connectivity index (χ3n) is 1.73. The van der Waals surface area contributed by atoms with Crippen LogP contribution >= 0.6 is 24.8 Å². The number of halogens is 2. The van der Waals surface area contributed by atoms with Crippen molar-refractivity contribution in [3.05, 3.63) is 47.6 Å². The van der Waals surface area contributed by atoms with Crippen LogP contribution in [0.5, 0.6) is 0 Å². The van der Waals surface area contributed by atoms with Crippen LogP contribution in [-0.4, -0.2) is 0 Å². The largest absolute Gasteiger partial charge is 0.270 e. The first-order valence-corrected chi connectivity index (χ1v) is 4.27. The van der Waals surface area contributed by atoms with E-state index in [1.807, 2.05) is 0 Å². The summed E-state index contributed by atoms with van der Waals surface area (Å²) >= 11 is 0. The van der Waals surface area contributed by atoms with Crippen molar-refractivity contribution in [2.75, 3.05) is 0 Å². The van der Waals surface area contributed by atoms with Crippen LogP contribution in [0.2, 0.25) is 0 Å². The van der Waals surface area contributed by atoms with E-state index in [0.29, 0.717) is 0 Å². The molecule has 0 radical (unpaired) electrons. The number of hydrogen-bond donors (Lipinski definition) is 0. The van der Waals surface area contributed by atoms with Crippen molar-refractivity contribution in [1.29, 1.82) is 0 Å². The van der Waals surface area contributed by atoms with Gasteiger partial charge in [-0.1, -0.05) is 13.8 Å². The quantitative estimate of drug-likeness (QED) is 0.415. The van der Waals surface area contributed by atoms with E-state index >= 15 is 0 Å². The molecular weight excluding hydrogens is 394 g/mol. The van der Waals surface area contributed by atoms with E-state index in [2.05, 4.69) is 50.3 Å². The van der Waals surface area contributed by atoms with Crippen LogP contribution in [-0.2, 0) is 25.8 Å². The minimum atomic E-state index is 0. The first-order chi connectivity index (χ1) is 5.79. The van der Waals surface area contributed by atoms with Gasteiger partial charge in [0.1, 0.15) is 0 Å². The van der Waals surface area contributed by atoms with E-state index < -0.39 is 0 Å². The molecule has 0 aromatic rings. The van der Waals surface area contributed by atoms with Gasteiger partial charge in [0.25, 0.3) is 0 Å². The molecule has 2 aliphatic carbocycles. The average molecular weight is 410 g/mol. The van der Waals surface area contributed by atoms with Gasteiger partial charge in [0.2, 0.25) is 0 Å². The summed E-state index contributed by atoms with van der Waals surface area (Å²) in [6.07, 6.45) is 16.7. The molecule has 0 saturated carbocycles. The van der Waals surface area contributed by atoms with Crippen LogP contribution in [0.1, 0.15) is 26.7 Å². The van der Waals surface area contributed by atoms with E-state index in [1.165, 1.54) is 11.1 Å². The van der Waals surface area contributed by atoms with E-state index in [1.54, 1.807) is 0 Å². The zero-order valence-electron chi connectivity index (χ0n) is 9.04. The van der Waals surface area contributed by atoms with Crippen LogP contribution < -0.4 is 0 Å². The minimum Gasteiger partial charge on any atom is -0.270 e. The van der Waals surface area contributed by atoms with E-state index in [-0.39, 0.29) is 50.7 Å². The van der Waals surface area contributed by atoms with Gasteiger partial charge in [-0.05, 0) is 0 Å². The Morgan fingerprint density at radius 1 is 0.867 bits per heavy atom. The fraction of sp³-hybridized carbons (Fsp3) is 0.333. The second kappa shape index (κ2) is 12.5. The van der Waals surface area contributed by atoms with E-state index in [0.717, 1.165) is 12.8 Å². The Bertz CT molecular complexity index is 229. The van der Waals surface area contributed by atoms with Crippen molar-refractivity contribution in [1.82, 2.24) is 0 Å². The molecule has 84 valence electrons. The summed E-state index contributed by atoms with van der Waals surface area (Å²) in [7, 11) is 0. The predicted molar refractivity (Wildman–Crippen MR) is 66.9 cm³/mol. The summed E-state index contributed by atoms with van der Waals surface area (Å²) in [6.45, 7) is 4.12. The summed E-state index contributed by atoms with van der Waals surface area (Å²) in [4.78, 5) is 0. The predicted octanol–water partition coefficient (Wildman–Crippen LogP) is 4.23. The van der Waals surface area contributed by atoms with Crippen LogP contribution in [0.3, 0.4) is 0 Å². The van der Waals surface area contributed by atoms with Crippen LogP contribution in [0.25, 0.3) is 0 Å². The third-order valence-corrected chi connectivity index (χ3v) is 1.73. The first-order valence-electron chi connectivity index (χ1n) is 4.27. The SMILES string of the molecule is CC1=[C-]CC=C1.CC1=[C-]CC=C1.Cl.Cl.[Hf]. The Hall–Kier alpha value is 0.410. The first kappa shape index (κ1) is 20.8. The molecule has 0 aliphatic heterocycles.